The number of nitrogens with one attached hydrogen (secondary N) is 3. The molecule has 2 rings (SSSR count). The van der Waals surface area contributed by atoms with Gasteiger partial charge in [-0.2, -0.15) is 0 Å². The minimum atomic E-state index is -0.451. The second-order valence-electron chi connectivity index (χ2n) is 5.69. The molecule has 1 saturated carbocycles. The summed E-state index contributed by atoms with van der Waals surface area (Å²) in [5.41, 5.74) is 4.86. The van der Waals surface area contributed by atoms with Gasteiger partial charge in [0.1, 0.15) is 5.75 Å². The van der Waals surface area contributed by atoms with Crippen molar-refractivity contribution in [2.24, 2.45) is 5.92 Å². The largest absolute Gasteiger partial charge is 0.482 e. The van der Waals surface area contributed by atoms with Crippen molar-refractivity contribution in [1.82, 2.24) is 16.2 Å². The number of amides is 2. The minimum Gasteiger partial charge on any atom is -0.482 e. The van der Waals surface area contributed by atoms with Crippen LogP contribution in [0.4, 0.5) is 0 Å². The maximum atomic E-state index is 12.0. The molecule has 1 aromatic rings. The van der Waals surface area contributed by atoms with Gasteiger partial charge < -0.3 is 10.1 Å². The van der Waals surface area contributed by atoms with E-state index in [2.05, 4.69) is 32.1 Å². The second-order valence-corrected chi connectivity index (χ2v) is 7.42. The van der Waals surface area contributed by atoms with E-state index >= 15 is 0 Å². The van der Waals surface area contributed by atoms with Crippen LogP contribution >= 0.6 is 39.7 Å². The van der Waals surface area contributed by atoms with Crippen LogP contribution in [0.5, 0.6) is 5.75 Å². The van der Waals surface area contributed by atoms with Crippen LogP contribution in [0.25, 0.3) is 0 Å². The number of benzene rings is 1. The first-order valence-corrected chi connectivity index (χ1v) is 9.51. The summed E-state index contributed by atoms with van der Waals surface area (Å²) in [4.78, 5) is 23.8. The fraction of sp³-hybridized carbons (Fsp3) is 0.438. The molecule has 0 aromatic heterocycles. The fourth-order valence-corrected chi connectivity index (χ4v) is 3.39. The predicted octanol–water partition coefficient (Wildman–Crippen LogP) is 3.08. The van der Waals surface area contributed by atoms with Crippen molar-refractivity contribution < 1.29 is 14.3 Å². The van der Waals surface area contributed by atoms with E-state index in [4.69, 9.17) is 28.6 Å². The predicted molar refractivity (Wildman–Crippen MR) is 103 cm³/mol. The lowest BCUT2D eigenvalue weighted by molar-refractivity contribution is -0.125. The number of ether oxygens (including phenoxy) is 1. The van der Waals surface area contributed by atoms with Crippen LogP contribution in [0.15, 0.2) is 22.7 Å². The van der Waals surface area contributed by atoms with E-state index in [1.807, 2.05) is 0 Å². The first-order chi connectivity index (χ1) is 12.0. The smallest absolute Gasteiger partial charge is 0.276 e. The molecule has 1 aromatic carbocycles. The molecule has 0 unspecified atom stereocenters. The van der Waals surface area contributed by atoms with Crippen molar-refractivity contribution in [2.75, 3.05) is 6.61 Å². The maximum absolute atomic E-state index is 12.0. The van der Waals surface area contributed by atoms with E-state index < -0.39 is 5.91 Å². The molecule has 1 aliphatic carbocycles. The Kier molecular flexibility index (Phi) is 7.92. The number of carbonyl (C=O) groups excluding carboxylic acids is 2. The van der Waals surface area contributed by atoms with Gasteiger partial charge in [-0.05, 0) is 43.3 Å². The number of halogens is 2. The second kappa shape index (κ2) is 9.94. The molecule has 9 heteroatoms. The van der Waals surface area contributed by atoms with Gasteiger partial charge >= 0.3 is 0 Å². The Morgan fingerprint density at radius 3 is 2.64 bits per heavy atom. The monoisotopic (exact) mass is 447 g/mol. The third-order valence-electron chi connectivity index (χ3n) is 3.78. The molecule has 0 heterocycles. The van der Waals surface area contributed by atoms with Gasteiger partial charge in [-0.1, -0.05) is 46.8 Å². The number of carbonyl (C=O) groups is 2. The molecule has 1 aliphatic rings. The molecule has 0 aliphatic heterocycles. The van der Waals surface area contributed by atoms with Crippen molar-refractivity contribution in [3.05, 3.63) is 27.7 Å². The summed E-state index contributed by atoms with van der Waals surface area (Å²) >= 11 is 14.3. The van der Waals surface area contributed by atoms with Crippen LogP contribution in [0.2, 0.25) is 5.02 Å². The highest BCUT2D eigenvalue weighted by Crippen LogP contribution is 2.27. The van der Waals surface area contributed by atoms with Crippen LogP contribution in [-0.2, 0) is 9.59 Å². The van der Waals surface area contributed by atoms with Gasteiger partial charge in [-0.3, -0.25) is 20.4 Å². The Balaban J connectivity index is 1.68. The van der Waals surface area contributed by atoms with E-state index in [0.29, 0.717) is 10.8 Å². The molecule has 6 nitrogen and oxygen atoms in total. The van der Waals surface area contributed by atoms with E-state index in [9.17, 15) is 9.59 Å². The van der Waals surface area contributed by atoms with Gasteiger partial charge in [-0.15, -0.1) is 0 Å². The van der Waals surface area contributed by atoms with Crippen LogP contribution in [-0.4, -0.2) is 23.5 Å². The molecular weight excluding hydrogens is 430 g/mol. The number of rotatable bonds is 4. The van der Waals surface area contributed by atoms with E-state index in [0.717, 1.165) is 30.2 Å². The molecule has 0 spiro atoms. The molecule has 3 N–H and O–H groups in total. The molecule has 1 fully saturated rings. The number of thiocarbonyl (C=S) groups is 1. The zero-order valence-corrected chi connectivity index (χ0v) is 16.6. The van der Waals surface area contributed by atoms with Gasteiger partial charge in [0.2, 0.25) is 5.91 Å². The zero-order chi connectivity index (χ0) is 18.2. The standard InChI is InChI=1S/C16H19BrClN3O3S/c17-11-6-7-13(12(18)8-11)24-9-14(22)20-21-16(25)19-15(23)10-4-2-1-3-5-10/h6-8,10H,1-5,9H2,(H,20,22)(H2,19,21,23,25). The van der Waals surface area contributed by atoms with Gasteiger partial charge in [0, 0.05) is 10.4 Å². The molecule has 0 saturated heterocycles. The lowest BCUT2D eigenvalue weighted by atomic mass is 9.89. The molecule has 25 heavy (non-hydrogen) atoms. The SMILES string of the molecule is O=C(COc1ccc(Br)cc1Cl)NNC(=S)NC(=O)C1CCCCC1. The van der Waals surface area contributed by atoms with Crippen molar-refractivity contribution in [2.45, 2.75) is 32.1 Å². The molecule has 0 radical (unpaired) electrons. The van der Waals surface area contributed by atoms with Gasteiger partial charge in [-0.25, -0.2) is 0 Å². The summed E-state index contributed by atoms with van der Waals surface area (Å²) in [6.45, 7) is -0.243. The average Bonchev–Trinajstić information content (AvgIpc) is 2.60. The summed E-state index contributed by atoms with van der Waals surface area (Å²) in [6.07, 6.45) is 5.05. The Morgan fingerprint density at radius 1 is 1.24 bits per heavy atom. The summed E-state index contributed by atoms with van der Waals surface area (Å²) < 4.78 is 6.14. The third-order valence-corrected chi connectivity index (χ3v) is 4.77. The maximum Gasteiger partial charge on any atom is 0.276 e. The van der Waals surface area contributed by atoms with Crippen molar-refractivity contribution in [3.8, 4) is 5.75 Å². The van der Waals surface area contributed by atoms with Crippen molar-refractivity contribution in [1.29, 1.82) is 0 Å². The molecule has 2 amide bonds. The first-order valence-electron chi connectivity index (χ1n) is 7.93. The van der Waals surface area contributed by atoms with E-state index in [1.165, 1.54) is 6.42 Å². The van der Waals surface area contributed by atoms with Crippen LogP contribution in [0.1, 0.15) is 32.1 Å². The Labute approximate surface area is 165 Å². The summed E-state index contributed by atoms with van der Waals surface area (Å²) in [6, 6.07) is 5.08. The minimum absolute atomic E-state index is 0.00733. The van der Waals surface area contributed by atoms with E-state index in [-0.39, 0.29) is 23.5 Å². The number of hydrogen-bond donors (Lipinski definition) is 3. The lowest BCUT2D eigenvalue weighted by Crippen LogP contribution is -2.50. The highest BCUT2D eigenvalue weighted by atomic mass is 79.9. The fourth-order valence-electron chi connectivity index (χ4n) is 2.51. The topological polar surface area (TPSA) is 79.5 Å². The zero-order valence-electron chi connectivity index (χ0n) is 13.4. The summed E-state index contributed by atoms with van der Waals surface area (Å²) in [5, 5.41) is 3.05. The Bertz CT molecular complexity index is 654. The average molecular weight is 449 g/mol. The number of hydrogen-bond acceptors (Lipinski definition) is 4. The summed E-state index contributed by atoms with van der Waals surface area (Å²) in [7, 11) is 0. The number of hydrazine groups is 1. The summed E-state index contributed by atoms with van der Waals surface area (Å²) in [5.74, 6) is -0.169. The Hall–Kier alpha value is -1.38. The van der Waals surface area contributed by atoms with Crippen LogP contribution < -0.4 is 20.9 Å². The van der Waals surface area contributed by atoms with Gasteiger partial charge in [0.05, 0.1) is 5.02 Å². The van der Waals surface area contributed by atoms with Crippen molar-refractivity contribution >= 4 is 56.7 Å². The van der Waals surface area contributed by atoms with E-state index in [1.54, 1.807) is 18.2 Å². The molecule has 0 bridgehead atoms. The first kappa shape index (κ1) is 19.9. The third kappa shape index (κ3) is 6.80. The molecule has 136 valence electrons. The normalized spacial score (nSPS) is 14.5. The quantitative estimate of drug-likeness (QED) is 0.487. The molecular formula is C16H19BrClN3O3S. The van der Waals surface area contributed by atoms with Gasteiger partial charge in [0.25, 0.3) is 5.91 Å². The van der Waals surface area contributed by atoms with Gasteiger partial charge in [0.15, 0.2) is 11.7 Å². The van der Waals surface area contributed by atoms with Crippen LogP contribution in [0, 0.1) is 5.92 Å². The highest BCUT2D eigenvalue weighted by molar-refractivity contribution is 9.10. The van der Waals surface area contributed by atoms with Crippen molar-refractivity contribution in [3.63, 3.8) is 0 Å². The highest BCUT2D eigenvalue weighted by Gasteiger charge is 2.21. The Morgan fingerprint density at radius 2 is 1.96 bits per heavy atom. The van der Waals surface area contributed by atoms with Crippen LogP contribution in [0.3, 0.4) is 0 Å². The lowest BCUT2D eigenvalue weighted by Gasteiger charge is -2.21. The molecule has 0 atom stereocenters.